The van der Waals surface area contributed by atoms with Crippen LogP contribution in [0.25, 0.3) is 0 Å². The van der Waals surface area contributed by atoms with Crippen molar-refractivity contribution in [3.8, 4) is 0 Å². The number of rotatable bonds is 9. The van der Waals surface area contributed by atoms with E-state index in [9.17, 15) is 13.2 Å². The zero-order valence-electron chi connectivity index (χ0n) is 14.6. The number of hydrogen-bond acceptors (Lipinski definition) is 5. The molecule has 140 valence electrons. The van der Waals surface area contributed by atoms with E-state index in [1.165, 1.54) is 11.3 Å². The Morgan fingerprint density at radius 3 is 2.50 bits per heavy atom. The number of sulfonamides is 1. The van der Waals surface area contributed by atoms with E-state index in [0.717, 1.165) is 4.88 Å². The van der Waals surface area contributed by atoms with Gasteiger partial charge in [-0.25, -0.2) is 13.1 Å². The Morgan fingerprint density at radius 1 is 1.33 bits per heavy atom. The maximum absolute atomic E-state index is 12.2. The van der Waals surface area contributed by atoms with Gasteiger partial charge >= 0.3 is 0 Å². The number of carbonyl (C=O) groups is 1. The highest BCUT2D eigenvalue weighted by molar-refractivity contribution is 7.91. The predicted octanol–water partition coefficient (Wildman–Crippen LogP) is 1.89. The molecule has 1 amide bonds. The van der Waals surface area contributed by atoms with Gasteiger partial charge in [-0.1, -0.05) is 13.8 Å². The number of nitrogens with two attached hydrogens (primary N) is 1. The number of hydrogen-bond donors (Lipinski definition) is 3. The molecular formula is C15H28ClN3O3S2. The van der Waals surface area contributed by atoms with Crippen LogP contribution in [0.2, 0.25) is 0 Å². The van der Waals surface area contributed by atoms with Crippen molar-refractivity contribution in [1.82, 2.24) is 10.0 Å². The van der Waals surface area contributed by atoms with Gasteiger partial charge in [-0.15, -0.1) is 23.7 Å². The van der Waals surface area contributed by atoms with Crippen LogP contribution < -0.4 is 15.8 Å². The first-order valence-electron chi connectivity index (χ1n) is 7.63. The summed E-state index contributed by atoms with van der Waals surface area (Å²) in [6.45, 7) is 8.18. The van der Waals surface area contributed by atoms with E-state index in [0.29, 0.717) is 25.3 Å². The molecule has 0 aliphatic rings. The lowest BCUT2D eigenvalue weighted by Gasteiger charge is -2.18. The van der Waals surface area contributed by atoms with Crippen molar-refractivity contribution in [2.75, 3.05) is 13.1 Å². The SMILES string of the molecule is CC(C)CC(=O)NCCc1ccc(S(=O)(=O)NCC(C)(C)N)s1.Cl. The second kappa shape index (κ2) is 9.72. The van der Waals surface area contributed by atoms with Crippen LogP contribution in [0.5, 0.6) is 0 Å². The van der Waals surface area contributed by atoms with E-state index >= 15 is 0 Å². The second-order valence-corrected chi connectivity index (χ2v) is 9.89. The Morgan fingerprint density at radius 2 is 1.96 bits per heavy atom. The molecule has 0 spiro atoms. The summed E-state index contributed by atoms with van der Waals surface area (Å²) in [6, 6.07) is 3.36. The van der Waals surface area contributed by atoms with E-state index in [4.69, 9.17) is 5.73 Å². The lowest BCUT2D eigenvalue weighted by molar-refractivity contribution is -0.121. The van der Waals surface area contributed by atoms with Gasteiger partial charge < -0.3 is 11.1 Å². The van der Waals surface area contributed by atoms with Gasteiger partial charge in [0.05, 0.1) is 0 Å². The fourth-order valence-electron chi connectivity index (χ4n) is 1.76. The largest absolute Gasteiger partial charge is 0.356 e. The summed E-state index contributed by atoms with van der Waals surface area (Å²) in [5, 5.41) is 2.84. The molecule has 0 unspecified atom stereocenters. The van der Waals surface area contributed by atoms with Crippen molar-refractivity contribution < 1.29 is 13.2 Å². The lowest BCUT2D eigenvalue weighted by Crippen LogP contribution is -2.44. The zero-order chi connectivity index (χ0) is 17.7. The van der Waals surface area contributed by atoms with Gasteiger partial charge in [-0.05, 0) is 38.3 Å². The average molecular weight is 398 g/mol. The summed E-state index contributed by atoms with van der Waals surface area (Å²) in [7, 11) is -3.53. The Labute approximate surface area is 155 Å². The fourth-order valence-corrected chi connectivity index (χ4v) is 4.38. The lowest BCUT2D eigenvalue weighted by atomic mass is 10.1. The highest BCUT2D eigenvalue weighted by Gasteiger charge is 2.20. The van der Waals surface area contributed by atoms with Crippen LogP contribution >= 0.6 is 23.7 Å². The molecule has 1 aromatic heterocycles. The maximum Gasteiger partial charge on any atom is 0.250 e. The Kier molecular flexibility index (Phi) is 9.45. The molecule has 1 heterocycles. The van der Waals surface area contributed by atoms with Crippen LogP contribution in [-0.2, 0) is 21.2 Å². The molecule has 24 heavy (non-hydrogen) atoms. The van der Waals surface area contributed by atoms with E-state index < -0.39 is 15.6 Å². The Balaban J connectivity index is 0.00000529. The van der Waals surface area contributed by atoms with E-state index in [1.807, 2.05) is 13.8 Å². The van der Waals surface area contributed by atoms with Crippen molar-refractivity contribution in [2.24, 2.45) is 11.7 Å². The van der Waals surface area contributed by atoms with Gasteiger partial charge in [0.1, 0.15) is 4.21 Å². The van der Waals surface area contributed by atoms with Crippen molar-refractivity contribution in [1.29, 1.82) is 0 Å². The summed E-state index contributed by atoms with van der Waals surface area (Å²) in [4.78, 5) is 12.5. The van der Waals surface area contributed by atoms with E-state index in [2.05, 4.69) is 10.0 Å². The van der Waals surface area contributed by atoms with Crippen molar-refractivity contribution in [2.45, 2.75) is 50.3 Å². The molecule has 0 aliphatic carbocycles. The minimum atomic E-state index is -3.53. The van der Waals surface area contributed by atoms with Crippen molar-refractivity contribution in [3.05, 3.63) is 17.0 Å². The average Bonchev–Trinajstić information content (AvgIpc) is 2.84. The molecule has 1 rings (SSSR count). The quantitative estimate of drug-likeness (QED) is 0.592. The van der Waals surface area contributed by atoms with Crippen LogP contribution in [0, 0.1) is 5.92 Å². The summed E-state index contributed by atoms with van der Waals surface area (Å²) in [6.07, 6.45) is 1.12. The van der Waals surface area contributed by atoms with Crippen LogP contribution in [0.1, 0.15) is 39.0 Å². The normalized spacial score (nSPS) is 12.1. The van der Waals surface area contributed by atoms with Gasteiger partial charge in [0.2, 0.25) is 15.9 Å². The molecule has 9 heteroatoms. The smallest absolute Gasteiger partial charge is 0.250 e. The summed E-state index contributed by atoms with van der Waals surface area (Å²) < 4.78 is 27.1. The molecule has 0 aromatic carbocycles. The molecule has 6 nitrogen and oxygen atoms in total. The van der Waals surface area contributed by atoms with Crippen LogP contribution in [0.3, 0.4) is 0 Å². The van der Waals surface area contributed by atoms with Crippen LogP contribution in [-0.4, -0.2) is 33.0 Å². The Bertz CT molecular complexity index is 622. The molecular weight excluding hydrogens is 370 g/mol. The molecule has 0 aliphatic heterocycles. The fraction of sp³-hybridized carbons (Fsp3) is 0.667. The highest BCUT2D eigenvalue weighted by Crippen LogP contribution is 2.21. The predicted molar refractivity (Wildman–Crippen MR) is 101 cm³/mol. The zero-order valence-corrected chi connectivity index (χ0v) is 17.0. The standard InChI is InChI=1S/C15H27N3O3S2.ClH/c1-11(2)9-13(19)17-8-7-12-5-6-14(22-12)23(20,21)18-10-15(3,4)16;/h5-6,11,18H,7-10,16H2,1-4H3,(H,17,19);1H. The first kappa shape index (κ1) is 23.3. The van der Waals surface area contributed by atoms with Crippen molar-refractivity contribution in [3.63, 3.8) is 0 Å². The number of carbonyl (C=O) groups excluding carboxylic acids is 1. The number of amides is 1. The summed E-state index contributed by atoms with van der Waals surface area (Å²) in [5.41, 5.74) is 5.19. The molecule has 0 radical (unpaired) electrons. The molecule has 4 N–H and O–H groups in total. The number of thiophene rings is 1. The van der Waals surface area contributed by atoms with Gasteiger partial charge in [0.15, 0.2) is 0 Å². The molecule has 0 atom stereocenters. The van der Waals surface area contributed by atoms with Gasteiger partial charge in [0.25, 0.3) is 0 Å². The van der Waals surface area contributed by atoms with Crippen LogP contribution in [0.4, 0.5) is 0 Å². The maximum atomic E-state index is 12.2. The van der Waals surface area contributed by atoms with Crippen molar-refractivity contribution >= 4 is 39.7 Å². The first-order valence-corrected chi connectivity index (χ1v) is 9.93. The summed E-state index contributed by atoms with van der Waals surface area (Å²) in [5.74, 6) is 0.350. The highest BCUT2D eigenvalue weighted by atomic mass is 35.5. The van der Waals surface area contributed by atoms with E-state index in [-0.39, 0.29) is 29.1 Å². The third-order valence-electron chi connectivity index (χ3n) is 2.91. The van der Waals surface area contributed by atoms with Gasteiger partial charge in [-0.2, -0.15) is 0 Å². The molecule has 0 bridgehead atoms. The van der Waals surface area contributed by atoms with Gasteiger partial charge in [0, 0.05) is 29.9 Å². The minimum Gasteiger partial charge on any atom is -0.356 e. The summed E-state index contributed by atoms with van der Waals surface area (Å²) >= 11 is 1.21. The number of nitrogens with one attached hydrogen (secondary N) is 2. The first-order chi connectivity index (χ1) is 10.5. The topological polar surface area (TPSA) is 101 Å². The monoisotopic (exact) mass is 397 g/mol. The third kappa shape index (κ3) is 8.98. The molecule has 0 fully saturated rings. The Hall–Kier alpha value is -0.670. The molecule has 0 saturated heterocycles. The third-order valence-corrected chi connectivity index (χ3v) is 5.94. The van der Waals surface area contributed by atoms with E-state index in [1.54, 1.807) is 26.0 Å². The van der Waals surface area contributed by atoms with Crippen LogP contribution in [0.15, 0.2) is 16.3 Å². The molecule has 1 aromatic rings. The number of halogens is 1. The minimum absolute atomic E-state index is 0. The van der Waals surface area contributed by atoms with Gasteiger partial charge in [-0.3, -0.25) is 4.79 Å². The molecule has 0 saturated carbocycles. The second-order valence-electron chi connectivity index (χ2n) is 6.73.